The van der Waals surface area contributed by atoms with Crippen molar-refractivity contribution in [1.82, 2.24) is 20.3 Å². The summed E-state index contributed by atoms with van der Waals surface area (Å²) in [6.07, 6.45) is 9.15. The lowest BCUT2D eigenvalue weighted by Gasteiger charge is -2.34. The molecule has 3 aromatic carbocycles. The van der Waals surface area contributed by atoms with E-state index < -0.39 is 17.5 Å². The predicted molar refractivity (Wildman–Crippen MR) is 179 cm³/mol. The number of phenols is 1. The van der Waals surface area contributed by atoms with Crippen LogP contribution in [0.3, 0.4) is 0 Å². The number of terminal acetylenes is 1. The van der Waals surface area contributed by atoms with Gasteiger partial charge >= 0.3 is 6.01 Å². The molecule has 4 heterocycles. The Morgan fingerprint density at radius 3 is 2.72 bits per heavy atom. The molecule has 2 aliphatic rings. The summed E-state index contributed by atoms with van der Waals surface area (Å²) in [4.78, 5) is 29.0. The van der Waals surface area contributed by atoms with Crippen molar-refractivity contribution in [1.29, 1.82) is 0 Å². The van der Waals surface area contributed by atoms with Gasteiger partial charge in [-0.25, -0.2) is 8.78 Å². The fraction of sp³-hybridized carbons (Fsp3) is 0.235. The Balaban J connectivity index is 1.24. The lowest BCUT2D eigenvalue weighted by molar-refractivity contribution is -0.116. The van der Waals surface area contributed by atoms with Crippen LogP contribution in [0.15, 0.2) is 59.6 Å². The number of anilines is 2. The maximum Gasteiger partial charge on any atom is 0.319 e. The SMILES string of the molecule is C#Cc1c(F)ccc2cccc(-c3ncc4c(N5CC6CCC(C5)N6)nc(OCCC(=O)Nc5ccc(SCl)cc5O)nc4c3F)c12. The molecule has 2 fully saturated rings. The largest absolute Gasteiger partial charge is 0.506 e. The monoisotopic (exact) mass is 672 g/mol. The van der Waals surface area contributed by atoms with E-state index in [0.29, 0.717) is 45.5 Å². The molecule has 2 atom stereocenters. The van der Waals surface area contributed by atoms with E-state index in [0.717, 1.165) is 23.8 Å². The highest BCUT2D eigenvalue weighted by molar-refractivity contribution is 8.21. The van der Waals surface area contributed by atoms with E-state index in [9.17, 15) is 14.3 Å². The van der Waals surface area contributed by atoms with Crippen LogP contribution in [-0.4, -0.2) is 57.7 Å². The average molecular weight is 673 g/mol. The molecule has 5 aromatic rings. The highest BCUT2D eigenvalue weighted by atomic mass is 35.7. The minimum Gasteiger partial charge on any atom is -0.506 e. The van der Waals surface area contributed by atoms with E-state index in [1.54, 1.807) is 36.4 Å². The van der Waals surface area contributed by atoms with Gasteiger partial charge < -0.3 is 25.4 Å². The number of piperazine rings is 1. The third kappa shape index (κ3) is 5.98. The van der Waals surface area contributed by atoms with Gasteiger partial charge in [-0.15, -0.1) is 6.42 Å². The van der Waals surface area contributed by atoms with Crippen LogP contribution in [0.4, 0.5) is 20.3 Å². The Labute approximate surface area is 277 Å². The number of hydrogen-bond donors (Lipinski definition) is 3. The van der Waals surface area contributed by atoms with Crippen molar-refractivity contribution < 1.29 is 23.4 Å². The molecule has 1 amide bonds. The molecular formula is C34H27ClF2N6O3S. The predicted octanol–water partition coefficient (Wildman–Crippen LogP) is 6.40. The number of phenolic OH excluding ortho intramolecular Hbond substituents is 1. The molecule has 2 aromatic heterocycles. The number of carbonyl (C=O) groups excluding carboxylic acids is 1. The second-order valence-corrected chi connectivity index (χ2v) is 12.5. The van der Waals surface area contributed by atoms with Crippen LogP contribution >= 0.6 is 21.7 Å². The van der Waals surface area contributed by atoms with Gasteiger partial charge in [0.25, 0.3) is 0 Å². The van der Waals surface area contributed by atoms with Gasteiger partial charge in [0, 0.05) is 47.2 Å². The number of aromatic hydroxyl groups is 1. The number of amides is 1. The summed E-state index contributed by atoms with van der Waals surface area (Å²) >= 11 is 0. The smallest absolute Gasteiger partial charge is 0.319 e. The zero-order chi connectivity index (χ0) is 32.7. The van der Waals surface area contributed by atoms with Gasteiger partial charge in [0.2, 0.25) is 5.91 Å². The number of aromatic nitrogens is 3. The number of carbonyl (C=O) groups is 1. The number of halogens is 3. The summed E-state index contributed by atoms with van der Waals surface area (Å²) in [6, 6.07) is 13.1. The number of nitrogens with one attached hydrogen (secondary N) is 2. The molecule has 2 saturated heterocycles. The Kier molecular flexibility index (Phi) is 8.44. The van der Waals surface area contributed by atoms with Crippen molar-refractivity contribution in [3.05, 3.63) is 71.9 Å². The topological polar surface area (TPSA) is 112 Å². The molecule has 2 unspecified atom stereocenters. The second-order valence-electron chi connectivity index (χ2n) is 11.4. The maximum atomic E-state index is 16.6. The molecule has 9 nitrogen and oxygen atoms in total. The minimum absolute atomic E-state index is 0.0172. The number of nitrogens with zero attached hydrogens (tertiary/aromatic N) is 4. The fourth-order valence-electron chi connectivity index (χ4n) is 6.29. The molecule has 0 aliphatic carbocycles. The van der Waals surface area contributed by atoms with Gasteiger partial charge in [-0.05, 0) is 64.2 Å². The van der Waals surface area contributed by atoms with Gasteiger partial charge in [0.15, 0.2) is 5.82 Å². The first-order chi connectivity index (χ1) is 22.8. The molecule has 7 rings (SSSR count). The van der Waals surface area contributed by atoms with E-state index in [-0.39, 0.29) is 59.3 Å². The van der Waals surface area contributed by atoms with E-state index in [4.69, 9.17) is 21.8 Å². The van der Waals surface area contributed by atoms with Crippen molar-refractivity contribution >= 4 is 60.7 Å². The first-order valence-corrected chi connectivity index (χ1v) is 16.6. The van der Waals surface area contributed by atoms with E-state index in [2.05, 4.69) is 36.4 Å². The van der Waals surface area contributed by atoms with Crippen LogP contribution in [0.2, 0.25) is 0 Å². The van der Waals surface area contributed by atoms with Crippen LogP contribution in [0.25, 0.3) is 32.9 Å². The molecule has 0 saturated carbocycles. The molecule has 13 heteroatoms. The summed E-state index contributed by atoms with van der Waals surface area (Å²) in [5.41, 5.74) is 0.505. The highest BCUT2D eigenvalue weighted by Gasteiger charge is 2.34. The van der Waals surface area contributed by atoms with E-state index >= 15 is 4.39 Å². The number of benzene rings is 3. The number of ether oxygens (including phenoxy) is 1. The Morgan fingerprint density at radius 2 is 1.98 bits per heavy atom. The lowest BCUT2D eigenvalue weighted by Crippen LogP contribution is -2.51. The second kappa shape index (κ2) is 12.8. The quantitative estimate of drug-likeness (QED) is 0.127. The number of hydrogen-bond acceptors (Lipinski definition) is 9. The van der Waals surface area contributed by atoms with Crippen LogP contribution < -0.4 is 20.3 Å². The van der Waals surface area contributed by atoms with Crippen molar-refractivity contribution in [2.75, 3.05) is 29.9 Å². The highest BCUT2D eigenvalue weighted by Crippen LogP contribution is 2.37. The Bertz CT molecular complexity index is 2080. The average Bonchev–Trinajstić information content (AvgIpc) is 3.42. The van der Waals surface area contributed by atoms with Crippen LogP contribution in [-0.2, 0) is 4.79 Å². The summed E-state index contributed by atoms with van der Waals surface area (Å²) in [7, 11) is 6.67. The maximum absolute atomic E-state index is 16.6. The molecule has 0 radical (unpaired) electrons. The minimum atomic E-state index is -0.736. The van der Waals surface area contributed by atoms with E-state index in [1.807, 2.05) is 0 Å². The summed E-state index contributed by atoms with van der Waals surface area (Å²) in [5.74, 6) is 1.00. The molecule has 0 spiro atoms. The molecule has 47 heavy (non-hydrogen) atoms. The molecule has 3 N–H and O–H groups in total. The standard InChI is InChI=1S/C34H27ClF2N6O3S/c1-2-22-25(36)10-6-18-4-3-5-23(29(18)22)31-30(37)32-24(15-38-31)33(43-16-19-7-8-20(17-43)39-19)42-34(41-32)46-13-12-28(45)40-26-11-9-21(47-35)14-27(26)44/h1,3-6,9-11,14-15,19-20,39,44H,7-8,12-13,16-17H2,(H,40,45). The lowest BCUT2D eigenvalue weighted by atomic mass is 9.96. The number of pyridine rings is 1. The number of rotatable bonds is 8. The summed E-state index contributed by atoms with van der Waals surface area (Å²) in [5, 5.41) is 17.8. The first kappa shape index (κ1) is 30.9. The summed E-state index contributed by atoms with van der Waals surface area (Å²) < 4.78 is 37.2. The molecule has 238 valence electrons. The van der Waals surface area contributed by atoms with Crippen molar-refractivity contribution in [3.63, 3.8) is 0 Å². The van der Waals surface area contributed by atoms with Crippen LogP contribution in [0.1, 0.15) is 24.8 Å². The van der Waals surface area contributed by atoms with E-state index in [1.165, 1.54) is 18.3 Å². The van der Waals surface area contributed by atoms with Crippen LogP contribution in [0.5, 0.6) is 11.8 Å². The van der Waals surface area contributed by atoms with Gasteiger partial charge in [0.05, 0.1) is 23.1 Å². The zero-order valence-corrected chi connectivity index (χ0v) is 26.3. The van der Waals surface area contributed by atoms with Gasteiger partial charge in [0.1, 0.15) is 35.2 Å². The van der Waals surface area contributed by atoms with Crippen molar-refractivity contribution in [2.45, 2.75) is 36.2 Å². The molecule has 2 bridgehead atoms. The third-order valence-electron chi connectivity index (χ3n) is 8.45. The first-order valence-electron chi connectivity index (χ1n) is 14.9. The number of fused-ring (bicyclic) bond motifs is 4. The van der Waals surface area contributed by atoms with Gasteiger partial charge in [-0.2, -0.15) is 9.97 Å². The normalized spacial score (nSPS) is 17.2. The van der Waals surface area contributed by atoms with Gasteiger partial charge in [-0.1, -0.05) is 30.2 Å². The van der Waals surface area contributed by atoms with Crippen molar-refractivity contribution in [2.24, 2.45) is 0 Å². The molecule has 2 aliphatic heterocycles. The van der Waals surface area contributed by atoms with Crippen LogP contribution in [0, 0.1) is 24.0 Å². The Morgan fingerprint density at radius 1 is 1.17 bits per heavy atom. The van der Waals surface area contributed by atoms with Crippen molar-refractivity contribution in [3.8, 4) is 35.4 Å². The summed E-state index contributed by atoms with van der Waals surface area (Å²) in [6.45, 7) is 1.20. The Hall–Kier alpha value is -4.70. The third-order valence-corrected chi connectivity index (χ3v) is 9.41. The fourth-order valence-corrected chi connectivity index (χ4v) is 6.85. The zero-order valence-electron chi connectivity index (χ0n) is 24.8. The van der Waals surface area contributed by atoms with Gasteiger partial charge in [-0.3, -0.25) is 9.78 Å². The molecular weight excluding hydrogens is 646 g/mol.